The summed E-state index contributed by atoms with van der Waals surface area (Å²) in [5, 5.41) is 0. The van der Waals surface area contributed by atoms with Crippen molar-refractivity contribution in [3.63, 3.8) is 0 Å². The lowest BCUT2D eigenvalue weighted by Gasteiger charge is -2.24. The zero-order valence-corrected chi connectivity index (χ0v) is 13.9. The van der Waals surface area contributed by atoms with Crippen LogP contribution in [-0.4, -0.2) is 45.2 Å². The summed E-state index contributed by atoms with van der Waals surface area (Å²) in [6, 6.07) is 6.60. The second kappa shape index (κ2) is 8.56. The van der Waals surface area contributed by atoms with E-state index in [1.807, 2.05) is 0 Å². The summed E-state index contributed by atoms with van der Waals surface area (Å²) in [4.78, 5) is 4.65. The van der Waals surface area contributed by atoms with E-state index in [9.17, 15) is 0 Å². The van der Waals surface area contributed by atoms with Crippen LogP contribution in [-0.2, 0) is 6.42 Å². The Bertz CT molecular complexity index is 380. The molecule has 19 heavy (non-hydrogen) atoms. The molecule has 0 amide bonds. The minimum Gasteiger partial charge on any atom is -0.372 e. The molecule has 2 N–H and O–H groups in total. The van der Waals surface area contributed by atoms with Crippen molar-refractivity contribution in [3.8, 4) is 0 Å². The number of nitrogens with two attached hydrogens (primary N) is 1. The van der Waals surface area contributed by atoms with Gasteiger partial charge in [0.1, 0.15) is 0 Å². The van der Waals surface area contributed by atoms with Gasteiger partial charge in [-0.1, -0.05) is 22.0 Å². The molecule has 0 unspecified atom stereocenters. The molecule has 0 saturated carbocycles. The lowest BCUT2D eigenvalue weighted by atomic mass is 10.1. The minimum absolute atomic E-state index is 0.693. The fourth-order valence-corrected chi connectivity index (χ4v) is 2.70. The summed E-state index contributed by atoms with van der Waals surface area (Å²) < 4.78 is 1.17. The minimum atomic E-state index is 0.693. The van der Waals surface area contributed by atoms with Crippen LogP contribution in [0.15, 0.2) is 22.7 Å². The molecule has 0 heterocycles. The number of hydrogen-bond donors (Lipinski definition) is 1. The van der Waals surface area contributed by atoms with Crippen molar-refractivity contribution in [1.29, 1.82) is 0 Å². The Morgan fingerprint density at radius 1 is 1.21 bits per heavy atom. The monoisotopic (exact) mass is 327 g/mol. The van der Waals surface area contributed by atoms with Gasteiger partial charge in [0.15, 0.2) is 0 Å². The number of benzene rings is 1. The third-order valence-electron chi connectivity index (χ3n) is 3.23. The van der Waals surface area contributed by atoms with Crippen LogP contribution in [0.1, 0.15) is 18.9 Å². The Balaban J connectivity index is 2.67. The van der Waals surface area contributed by atoms with Crippen molar-refractivity contribution in [1.82, 2.24) is 4.90 Å². The van der Waals surface area contributed by atoms with Gasteiger partial charge in [0.05, 0.1) is 0 Å². The predicted octanol–water partition coefficient (Wildman–Crippen LogP) is 2.73. The summed E-state index contributed by atoms with van der Waals surface area (Å²) in [6.07, 6.45) is 2.11. The van der Waals surface area contributed by atoms with E-state index in [0.717, 1.165) is 26.1 Å². The van der Waals surface area contributed by atoms with Gasteiger partial charge in [-0.05, 0) is 64.6 Å². The Kier molecular flexibility index (Phi) is 7.42. The van der Waals surface area contributed by atoms with Crippen molar-refractivity contribution < 1.29 is 0 Å². The molecular formula is C15H26BrN3. The van der Waals surface area contributed by atoms with Gasteiger partial charge in [-0.25, -0.2) is 0 Å². The van der Waals surface area contributed by atoms with Crippen molar-refractivity contribution in [2.24, 2.45) is 5.73 Å². The molecule has 1 aromatic rings. The first-order valence-electron chi connectivity index (χ1n) is 6.96. The maximum Gasteiger partial charge on any atom is 0.0377 e. The Labute approximate surface area is 125 Å². The standard InChI is InChI=1S/C15H26BrN3/c1-4-19(11-5-10-18(2)3)14-7-6-13(8-9-17)15(16)12-14/h6-7,12H,4-5,8-11,17H2,1-3H3. The number of halogens is 1. The Hall–Kier alpha value is -0.580. The van der Waals surface area contributed by atoms with Crippen LogP contribution in [0.25, 0.3) is 0 Å². The number of hydrogen-bond acceptors (Lipinski definition) is 3. The van der Waals surface area contributed by atoms with Crippen LogP contribution in [0.4, 0.5) is 5.69 Å². The largest absolute Gasteiger partial charge is 0.372 e. The van der Waals surface area contributed by atoms with Crippen molar-refractivity contribution in [2.45, 2.75) is 19.8 Å². The smallest absolute Gasteiger partial charge is 0.0377 e. The molecule has 0 fully saturated rings. The Morgan fingerprint density at radius 3 is 2.47 bits per heavy atom. The summed E-state index contributed by atoms with van der Waals surface area (Å²) in [5.41, 5.74) is 8.19. The van der Waals surface area contributed by atoms with E-state index in [1.165, 1.54) is 22.1 Å². The summed E-state index contributed by atoms with van der Waals surface area (Å²) in [5.74, 6) is 0. The number of nitrogens with zero attached hydrogens (tertiary/aromatic N) is 2. The Morgan fingerprint density at radius 2 is 1.95 bits per heavy atom. The molecule has 0 bridgehead atoms. The van der Waals surface area contributed by atoms with Gasteiger partial charge in [0.25, 0.3) is 0 Å². The third-order valence-corrected chi connectivity index (χ3v) is 3.97. The van der Waals surface area contributed by atoms with E-state index in [-0.39, 0.29) is 0 Å². The molecule has 0 aromatic heterocycles. The van der Waals surface area contributed by atoms with Crippen LogP contribution in [0.3, 0.4) is 0 Å². The zero-order chi connectivity index (χ0) is 14.3. The molecule has 1 aromatic carbocycles. The quantitative estimate of drug-likeness (QED) is 0.796. The van der Waals surface area contributed by atoms with Crippen molar-refractivity contribution in [2.75, 3.05) is 45.2 Å². The average molecular weight is 328 g/mol. The highest BCUT2D eigenvalue weighted by atomic mass is 79.9. The van der Waals surface area contributed by atoms with Gasteiger partial charge in [0, 0.05) is 23.2 Å². The van der Waals surface area contributed by atoms with E-state index in [0.29, 0.717) is 6.54 Å². The third kappa shape index (κ3) is 5.51. The van der Waals surface area contributed by atoms with Crippen LogP contribution < -0.4 is 10.6 Å². The van der Waals surface area contributed by atoms with Crippen LogP contribution in [0.5, 0.6) is 0 Å². The number of anilines is 1. The lowest BCUT2D eigenvalue weighted by Crippen LogP contribution is -2.27. The van der Waals surface area contributed by atoms with E-state index in [1.54, 1.807) is 0 Å². The molecule has 0 atom stereocenters. The molecule has 0 spiro atoms. The van der Waals surface area contributed by atoms with E-state index >= 15 is 0 Å². The average Bonchev–Trinajstić information content (AvgIpc) is 2.37. The molecule has 4 heteroatoms. The van der Waals surface area contributed by atoms with Gasteiger partial charge in [-0.2, -0.15) is 0 Å². The highest BCUT2D eigenvalue weighted by molar-refractivity contribution is 9.10. The second-order valence-corrected chi connectivity index (χ2v) is 5.91. The highest BCUT2D eigenvalue weighted by Crippen LogP contribution is 2.24. The molecule has 108 valence electrons. The molecular weight excluding hydrogens is 302 g/mol. The second-order valence-electron chi connectivity index (χ2n) is 5.05. The molecule has 0 aliphatic heterocycles. The van der Waals surface area contributed by atoms with Gasteiger partial charge in [-0.3, -0.25) is 0 Å². The molecule has 0 radical (unpaired) electrons. The van der Waals surface area contributed by atoms with Gasteiger partial charge in [-0.15, -0.1) is 0 Å². The van der Waals surface area contributed by atoms with E-state index < -0.39 is 0 Å². The lowest BCUT2D eigenvalue weighted by molar-refractivity contribution is 0.400. The SMILES string of the molecule is CCN(CCCN(C)C)c1ccc(CCN)c(Br)c1. The maximum absolute atomic E-state index is 5.61. The summed E-state index contributed by atoms with van der Waals surface area (Å²) >= 11 is 3.65. The first-order valence-corrected chi connectivity index (χ1v) is 7.76. The van der Waals surface area contributed by atoms with Gasteiger partial charge in [0.2, 0.25) is 0 Å². The van der Waals surface area contributed by atoms with E-state index in [4.69, 9.17) is 5.73 Å². The molecule has 0 saturated heterocycles. The van der Waals surface area contributed by atoms with Crippen molar-refractivity contribution >= 4 is 21.6 Å². The fourth-order valence-electron chi connectivity index (χ4n) is 2.14. The molecule has 3 nitrogen and oxygen atoms in total. The highest BCUT2D eigenvalue weighted by Gasteiger charge is 2.07. The normalized spacial score (nSPS) is 11.1. The molecule has 1 rings (SSSR count). The van der Waals surface area contributed by atoms with Crippen LogP contribution in [0, 0.1) is 0 Å². The van der Waals surface area contributed by atoms with Gasteiger partial charge >= 0.3 is 0 Å². The first-order chi connectivity index (χ1) is 9.08. The molecule has 0 aliphatic carbocycles. The topological polar surface area (TPSA) is 32.5 Å². The van der Waals surface area contributed by atoms with Crippen LogP contribution in [0.2, 0.25) is 0 Å². The van der Waals surface area contributed by atoms with Crippen molar-refractivity contribution in [3.05, 3.63) is 28.2 Å². The summed E-state index contributed by atoms with van der Waals surface area (Å²) in [7, 11) is 4.24. The molecule has 0 aliphatic rings. The zero-order valence-electron chi connectivity index (χ0n) is 12.3. The maximum atomic E-state index is 5.61. The number of rotatable bonds is 8. The van der Waals surface area contributed by atoms with Crippen LogP contribution >= 0.6 is 15.9 Å². The predicted molar refractivity (Wildman–Crippen MR) is 88.0 cm³/mol. The van der Waals surface area contributed by atoms with E-state index in [2.05, 4.69) is 64.9 Å². The fraction of sp³-hybridized carbons (Fsp3) is 0.600. The summed E-state index contributed by atoms with van der Waals surface area (Å²) in [6.45, 7) is 6.16. The van der Waals surface area contributed by atoms with Gasteiger partial charge < -0.3 is 15.5 Å². The first kappa shape index (κ1) is 16.5.